The average Bonchev–Trinajstić information content (AvgIpc) is 3.12. The van der Waals surface area contributed by atoms with E-state index in [4.69, 9.17) is 9.72 Å². The van der Waals surface area contributed by atoms with Gasteiger partial charge in [0.25, 0.3) is 0 Å². The van der Waals surface area contributed by atoms with Gasteiger partial charge >= 0.3 is 0 Å². The molecule has 0 aliphatic rings. The molecule has 0 spiro atoms. The molecular formula is C17H17N5OS. The molecule has 0 atom stereocenters. The lowest BCUT2D eigenvalue weighted by atomic mass is 10.3. The summed E-state index contributed by atoms with van der Waals surface area (Å²) in [7, 11) is 1.98. The van der Waals surface area contributed by atoms with Crippen molar-refractivity contribution in [1.82, 2.24) is 19.5 Å². The van der Waals surface area contributed by atoms with Crippen LogP contribution < -0.4 is 10.1 Å². The second kappa shape index (κ2) is 5.76. The number of hydrogen-bond donors (Lipinski definition) is 1. The van der Waals surface area contributed by atoms with E-state index in [-0.39, 0.29) is 6.10 Å². The van der Waals surface area contributed by atoms with E-state index in [9.17, 15) is 0 Å². The van der Waals surface area contributed by atoms with Crippen molar-refractivity contribution >= 4 is 43.4 Å². The molecule has 0 bridgehead atoms. The summed E-state index contributed by atoms with van der Waals surface area (Å²) in [5.74, 6) is 0.766. The molecule has 0 aliphatic heterocycles. The Balaban J connectivity index is 1.74. The number of thiazole rings is 1. The summed E-state index contributed by atoms with van der Waals surface area (Å²) in [6.45, 7) is 4.00. The molecule has 0 fully saturated rings. The summed E-state index contributed by atoms with van der Waals surface area (Å²) < 4.78 is 8.92. The van der Waals surface area contributed by atoms with Crippen molar-refractivity contribution in [1.29, 1.82) is 0 Å². The Kier molecular flexibility index (Phi) is 3.57. The Bertz CT molecular complexity index is 1020. The fourth-order valence-corrected chi connectivity index (χ4v) is 3.47. The normalized spacial score (nSPS) is 11.5. The highest BCUT2D eigenvalue weighted by atomic mass is 32.1. The first kappa shape index (κ1) is 14.9. The highest BCUT2D eigenvalue weighted by molar-refractivity contribution is 7.22. The number of ether oxygens (including phenoxy) is 1. The second-order valence-corrected chi connectivity index (χ2v) is 6.85. The summed E-state index contributed by atoms with van der Waals surface area (Å²) >= 11 is 1.59. The first-order valence-electron chi connectivity index (χ1n) is 7.70. The molecule has 24 heavy (non-hydrogen) atoms. The number of pyridine rings is 1. The number of aryl methyl sites for hydroxylation is 1. The Morgan fingerprint density at radius 3 is 2.92 bits per heavy atom. The van der Waals surface area contributed by atoms with Crippen LogP contribution in [0.15, 0.2) is 36.9 Å². The summed E-state index contributed by atoms with van der Waals surface area (Å²) in [6.07, 6.45) is 5.38. The molecular weight excluding hydrogens is 322 g/mol. The van der Waals surface area contributed by atoms with E-state index in [0.29, 0.717) is 0 Å². The SMILES string of the molecule is CC(C)Oc1ccncc1Nc1nc2c(ccc3c2ncn3C)s1. The minimum absolute atomic E-state index is 0.0939. The topological polar surface area (TPSA) is 64.9 Å². The van der Waals surface area contributed by atoms with Crippen molar-refractivity contribution in [3.63, 3.8) is 0 Å². The van der Waals surface area contributed by atoms with Crippen LogP contribution in [-0.2, 0) is 7.05 Å². The van der Waals surface area contributed by atoms with E-state index in [2.05, 4.69) is 27.4 Å². The minimum Gasteiger partial charge on any atom is -0.489 e. The summed E-state index contributed by atoms with van der Waals surface area (Å²) in [4.78, 5) is 13.4. The number of imidazole rings is 1. The number of hydrogen-bond acceptors (Lipinski definition) is 6. The van der Waals surface area contributed by atoms with Gasteiger partial charge in [0.15, 0.2) is 5.13 Å². The number of nitrogens with one attached hydrogen (secondary N) is 1. The maximum Gasteiger partial charge on any atom is 0.188 e. The van der Waals surface area contributed by atoms with Gasteiger partial charge in [0.05, 0.1) is 28.8 Å². The van der Waals surface area contributed by atoms with Crippen LogP contribution in [0, 0.1) is 0 Å². The molecule has 7 heteroatoms. The zero-order chi connectivity index (χ0) is 16.7. The van der Waals surface area contributed by atoms with Gasteiger partial charge in [0, 0.05) is 19.3 Å². The third-order valence-electron chi connectivity index (χ3n) is 3.64. The van der Waals surface area contributed by atoms with Crippen LogP contribution in [0.25, 0.3) is 21.3 Å². The molecule has 0 saturated heterocycles. The van der Waals surface area contributed by atoms with Crippen molar-refractivity contribution in [3.8, 4) is 5.75 Å². The molecule has 3 aromatic heterocycles. The van der Waals surface area contributed by atoms with Crippen molar-refractivity contribution in [2.24, 2.45) is 7.05 Å². The molecule has 1 aromatic carbocycles. The first-order chi connectivity index (χ1) is 11.6. The van der Waals surface area contributed by atoms with Crippen LogP contribution in [0.2, 0.25) is 0 Å². The molecule has 0 aliphatic carbocycles. The number of rotatable bonds is 4. The van der Waals surface area contributed by atoms with Crippen LogP contribution in [0.1, 0.15) is 13.8 Å². The average molecular weight is 339 g/mol. The Hall–Kier alpha value is -2.67. The minimum atomic E-state index is 0.0939. The van der Waals surface area contributed by atoms with Gasteiger partial charge in [0.2, 0.25) is 0 Å². The Labute approximate surface area is 143 Å². The van der Waals surface area contributed by atoms with Gasteiger partial charge in [-0.25, -0.2) is 9.97 Å². The first-order valence-corrected chi connectivity index (χ1v) is 8.52. The number of aromatic nitrogens is 4. The number of fused-ring (bicyclic) bond motifs is 3. The van der Waals surface area contributed by atoms with E-state index >= 15 is 0 Å². The largest absolute Gasteiger partial charge is 0.489 e. The van der Waals surface area contributed by atoms with Crippen LogP contribution in [-0.4, -0.2) is 25.6 Å². The molecule has 0 amide bonds. The molecule has 122 valence electrons. The van der Waals surface area contributed by atoms with Crippen LogP contribution in [0.4, 0.5) is 10.8 Å². The predicted molar refractivity (Wildman–Crippen MR) is 97.2 cm³/mol. The molecule has 1 N–H and O–H groups in total. The molecule has 0 saturated carbocycles. The summed E-state index contributed by atoms with van der Waals surface area (Å²) in [6, 6.07) is 6.01. The molecule has 4 aromatic rings. The summed E-state index contributed by atoms with van der Waals surface area (Å²) in [5.41, 5.74) is 3.71. The molecule has 4 rings (SSSR count). The zero-order valence-electron chi connectivity index (χ0n) is 13.6. The monoisotopic (exact) mass is 339 g/mol. The van der Waals surface area contributed by atoms with Crippen LogP contribution >= 0.6 is 11.3 Å². The van der Waals surface area contributed by atoms with Crippen LogP contribution in [0.3, 0.4) is 0 Å². The predicted octanol–water partition coefficient (Wildman–Crippen LogP) is 4.11. The highest BCUT2D eigenvalue weighted by Gasteiger charge is 2.12. The molecule has 0 radical (unpaired) electrons. The van der Waals surface area contributed by atoms with Crippen LogP contribution in [0.5, 0.6) is 5.75 Å². The lowest BCUT2D eigenvalue weighted by Crippen LogP contribution is -2.07. The fraction of sp³-hybridized carbons (Fsp3) is 0.235. The second-order valence-electron chi connectivity index (χ2n) is 5.82. The molecule has 0 unspecified atom stereocenters. The van der Waals surface area contributed by atoms with Crippen molar-refractivity contribution in [2.75, 3.05) is 5.32 Å². The van der Waals surface area contributed by atoms with Gasteiger partial charge < -0.3 is 14.6 Å². The number of anilines is 2. The number of nitrogens with zero attached hydrogens (tertiary/aromatic N) is 4. The maximum absolute atomic E-state index is 5.82. The standard InChI is InChI=1S/C17H17N5OS/c1-10(2)23-13-6-7-18-8-11(13)20-17-21-16-14(24-17)5-4-12-15(16)19-9-22(12)3/h4-10H,1-3H3,(H,20,21). The van der Waals surface area contributed by atoms with Gasteiger partial charge in [-0.3, -0.25) is 4.98 Å². The van der Waals surface area contributed by atoms with Gasteiger partial charge in [-0.15, -0.1) is 0 Å². The van der Waals surface area contributed by atoms with E-state index < -0.39 is 0 Å². The zero-order valence-corrected chi connectivity index (χ0v) is 14.5. The van der Waals surface area contributed by atoms with Crippen molar-refractivity contribution < 1.29 is 4.74 Å². The van der Waals surface area contributed by atoms with Crippen molar-refractivity contribution in [3.05, 3.63) is 36.9 Å². The van der Waals surface area contributed by atoms with Gasteiger partial charge in [-0.1, -0.05) is 11.3 Å². The van der Waals surface area contributed by atoms with Gasteiger partial charge in [-0.05, 0) is 26.0 Å². The lowest BCUT2D eigenvalue weighted by Gasteiger charge is -2.13. The van der Waals surface area contributed by atoms with Gasteiger partial charge in [0.1, 0.15) is 22.5 Å². The maximum atomic E-state index is 5.82. The van der Waals surface area contributed by atoms with E-state index in [0.717, 1.165) is 37.8 Å². The van der Waals surface area contributed by atoms with E-state index in [1.807, 2.05) is 37.9 Å². The number of benzene rings is 1. The summed E-state index contributed by atoms with van der Waals surface area (Å²) in [5, 5.41) is 4.12. The van der Waals surface area contributed by atoms with Gasteiger partial charge in [-0.2, -0.15) is 0 Å². The van der Waals surface area contributed by atoms with E-state index in [1.165, 1.54) is 0 Å². The van der Waals surface area contributed by atoms with Crippen molar-refractivity contribution in [2.45, 2.75) is 20.0 Å². The quantitative estimate of drug-likeness (QED) is 0.606. The lowest BCUT2D eigenvalue weighted by molar-refractivity contribution is 0.243. The Morgan fingerprint density at radius 2 is 2.08 bits per heavy atom. The third kappa shape index (κ3) is 2.56. The van der Waals surface area contributed by atoms with E-state index in [1.54, 1.807) is 23.7 Å². The highest BCUT2D eigenvalue weighted by Crippen LogP contribution is 2.34. The fourth-order valence-electron chi connectivity index (χ4n) is 2.59. The smallest absolute Gasteiger partial charge is 0.188 e. The Morgan fingerprint density at radius 1 is 1.21 bits per heavy atom. The molecule has 6 nitrogen and oxygen atoms in total. The third-order valence-corrected chi connectivity index (χ3v) is 4.57. The molecule has 3 heterocycles.